The smallest absolute Gasteiger partial charge is 0.257 e. The molecule has 2 unspecified atom stereocenters. The highest BCUT2D eigenvalue weighted by molar-refractivity contribution is 5.88. The Hall–Kier alpha value is -1.43. The summed E-state index contributed by atoms with van der Waals surface area (Å²) in [7, 11) is 0. The van der Waals surface area contributed by atoms with Gasteiger partial charge in [-0.15, -0.1) is 0 Å². The first-order valence-electron chi connectivity index (χ1n) is 10.00. The van der Waals surface area contributed by atoms with Gasteiger partial charge in [0.05, 0.1) is 19.3 Å². The van der Waals surface area contributed by atoms with E-state index in [1.165, 1.54) is 5.56 Å². The third-order valence-electron chi connectivity index (χ3n) is 5.92. The molecule has 3 heterocycles. The van der Waals surface area contributed by atoms with Crippen LogP contribution in [0.4, 0.5) is 0 Å². The van der Waals surface area contributed by atoms with Gasteiger partial charge in [0.2, 0.25) is 0 Å². The van der Waals surface area contributed by atoms with Crippen LogP contribution in [0.15, 0.2) is 30.3 Å². The van der Waals surface area contributed by atoms with Gasteiger partial charge < -0.3 is 19.7 Å². The van der Waals surface area contributed by atoms with Crippen molar-refractivity contribution in [1.82, 2.24) is 10.2 Å². The van der Waals surface area contributed by atoms with E-state index >= 15 is 0 Å². The van der Waals surface area contributed by atoms with Crippen LogP contribution in [0, 0.1) is 0 Å². The predicted molar refractivity (Wildman–Crippen MR) is 104 cm³/mol. The molecule has 1 aromatic rings. The third-order valence-corrected chi connectivity index (χ3v) is 5.92. The van der Waals surface area contributed by atoms with Crippen LogP contribution in [0.2, 0.25) is 0 Å². The molecule has 0 bridgehead atoms. The summed E-state index contributed by atoms with van der Waals surface area (Å²) >= 11 is 0. The Morgan fingerprint density at radius 3 is 2.22 bits per heavy atom. The maximum Gasteiger partial charge on any atom is 0.257 e. The summed E-state index contributed by atoms with van der Waals surface area (Å²) in [5, 5.41) is 3.67. The maximum atomic E-state index is 13.7. The van der Waals surface area contributed by atoms with E-state index in [0.717, 1.165) is 6.61 Å². The number of amides is 1. The van der Waals surface area contributed by atoms with Crippen molar-refractivity contribution in [3.8, 4) is 0 Å². The topological polar surface area (TPSA) is 54.1 Å². The maximum absolute atomic E-state index is 13.7. The first kappa shape index (κ1) is 18.9. The Labute approximate surface area is 162 Å². The second-order valence-electron chi connectivity index (χ2n) is 10.1. The summed E-state index contributed by atoms with van der Waals surface area (Å²) in [6.07, 6.45) is 2.18. The fraction of sp³-hybridized carbons (Fsp3) is 0.682. The van der Waals surface area contributed by atoms with Gasteiger partial charge in [0, 0.05) is 30.3 Å². The number of epoxide rings is 1. The van der Waals surface area contributed by atoms with Crippen LogP contribution in [0.5, 0.6) is 0 Å². The highest BCUT2D eigenvalue weighted by Crippen LogP contribution is 2.48. The lowest BCUT2D eigenvalue weighted by Gasteiger charge is -2.50. The van der Waals surface area contributed by atoms with Crippen molar-refractivity contribution in [2.75, 3.05) is 13.2 Å². The number of nitrogens with one attached hydrogen (secondary N) is 1. The van der Waals surface area contributed by atoms with Crippen LogP contribution in [-0.2, 0) is 20.7 Å². The van der Waals surface area contributed by atoms with E-state index in [2.05, 4.69) is 52.1 Å². The van der Waals surface area contributed by atoms with Crippen LogP contribution in [0.25, 0.3) is 0 Å². The first-order valence-corrected chi connectivity index (χ1v) is 10.00. The fourth-order valence-electron chi connectivity index (χ4n) is 5.46. The number of piperidine rings is 1. The van der Waals surface area contributed by atoms with E-state index in [1.54, 1.807) is 0 Å². The number of hydrogen-bond acceptors (Lipinski definition) is 4. The van der Waals surface area contributed by atoms with Crippen molar-refractivity contribution in [2.24, 2.45) is 0 Å². The van der Waals surface area contributed by atoms with Gasteiger partial charge in [0.15, 0.2) is 5.60 Å². The van der Waals surface area contributed by atoms with Crippen LogP contribution in [0.3, 0.4) is 0 Å². The number of hydrogen-bond donors (Lipinski definition) is 1. The van der Waals surface area contributed by atoms with Crippen LogP contribution < -0.4 is 5.32 Å². The van der Waals surface area contributed by atoms with E-state index in [-0.39, 0.29) is 23.1 Å². The number of nitrogens with zero attached hydrogens (tertiary/aromatic N) is 1. The lowest BCUT2D eigenvalue weighted by atomic mass is 9.72. The SMILES string of the molecule is CC1(C)CC2(CC(C)(C)N1)OC(C)(Cc1ccccc1)N(CC1CO1)C2=O. The Morgan fingerprint density at radius 1 is 1.07 bits per heavy atom. The van der Waals surface area contributed by atoms with Gasteiger partial charge in [-0.1, -0.05) is 30.3 Å². The molecule has 5 heteroatoms. The minimum absolute atomic E-state index is 0.124. The zero-order valence-corrected chi connectivity index (χ0v) is 17.2. The van der Waals surface area contributed by atoms with Crippen molar-refractivity contribution in [3.63, 3.8) is 0 Å². The number of benzene rings is 1. The van der Waals surface area contributed by atoms with Gasteiger partial charge in [-0.3, -0.25) is 4.79 Å². The highest BCUT2D eigenvalue weighted by atomic mass is 16.6. The van der Waals surface area contributed by atoms with Crippen molar-refractivity contribution < 1.29 is 14.3 Å². The number of carbonyl (C=O) groups excluding carboxylic acids is 1. The van der Waals surface area contributed by atoms with E-state index in [9.17, 15) is 4.79 Å². The summed E-state index contributed by atoms with van der Waals surface area (Å²) < 4.78 is 12.2. The molecule has 1 N–H and O–H groups in total. The quantitative estimate of drug-likeness (QED) is 0.826. The van der Waals surface area contributed by atoms with Crippen molar-refractivity contribution in [1.29, 1.82) is 0 Å². The Balaban J connectivity index is 1.69. The third kappa shape index (κ3) is 3.65. The van der Waals surface area contributed by atoms with Gasteiger partial charge >= 0.3 is 0 Å². The first-order chi connectivity index (χ1) is 12.5. The van der Waals surface area contributed by atoms with Crippen molar-refractivity contribution in [3.05, 3.63) is 35.9 Å². The number of ether oxygens (including phenoxy) is 2. The normalized spacial score (nSPS) is 33.4. The summed E-state index contributed by atoms with van der Waals surface area (Å²) in [5.41, 5.74) is -0.599. The standard InChI is InChI=1S/C22H32N2O3/c1-19(2)14-22(15-20(3,4)23-19)18(25)24(12-17-13-26-17)21(5,27-22)11-16-9-7-6-8-10-16/h6-10,17,23H,11-15H2,1-5H3. The minimum atomic E-state index is -0.781. The molecular formula is C22H32N2O3. The molecule has 1 aromatic carbocycles. The molecule has 3 fully saturated rings. The molecule has 4 rings (SSSR count). The van der Waals surface area contributed by atoms with Gasteiger partial charge in [0.1, 0.15) is 5.72 Å². The molecule has 1 spiro atoms. The second kappa shape index (κ2) is 6.03. The summed E-state index contributed by atoms with van der Waals surface area (Å²) in [5.74, 6) is 0.124. The lowest BCUT2D eigenvalue weighted by molar-refractivity contribution is -0.162. The molecule has 27 heavy (non-hydrogen) atoms. The van der Waals surface area contributed by atoms with Gasteiger partial charge in [-0.2, -0.15) is 0 Å². The molecular weight excluding hydrogens is 340 g/mol. The molecule has 0 aliphatic carbocycles. The summed E-state index contributed by atoms with van der Waals surface area (Å²) in [6.45, 7) is 12.0. The molecule has 0 saturated carbocycles. The largest absolute Gasteiger partial charge is 0.371 e. The molecule has 5 nitrogen and oxygen atoms in total. The van der Waals surface area contributed by atoms with E-state index in [0.29, 0.717) is 25.8 Å². The number of rotatable bonds is 4. The highest BCUT2D eigenvalue weighted by Gasteiger charge is 2.63. The lowest BCUT2D eigenvalue weighted by Crippen LogP contribution is -2.65. The number of carbonyl (C=O) groups is 1. The molecule has 1 amide bonds. The Kier molecular flexibility index (Phi) is 4.22. The van der Waals surface area contributed by atoms with Crippen LogP contribution >= 0.6 is 0 Å². The molecule has 0 radical (unpaired) electrons. The Morgan fingerprint density at radius 2 is 1.67 bits per heavy atom. The zero-order chi connectivity index (χ0) is 19.5. The summed E-state index contributed by atoms with van der Waals surface area (Å²) in [4.78, 5) is 15.7. The van der Waals surface area contributed by atoms with E-state index < -0.39 is 11.3 Å². The molecule has 2 atom stereocenters. The van der Waals surface area contributed by atoms with Gasteiger partial charge in [0.25, 0.3) is 5.91 Å². The van der Waals surface area contributed by atoms with Crippen LogP contribution in [-0.4, -0.2) is 52.5 Å². The van der Waals surface area contributed by atoms with Crippen LogP contribution in [0.1, 0.15) is 53.0 Å². The predicted octanol–water partition coefficient (Wildman–Crippen LogP) is 2.88. The second-order valence-corrected chi connectivity index (χ2v) is 10.1. The Bertz CT molecular complexity index is 710. The zero-order valence-electron chi connectivity index (χ0n) is 17.2. The van der Waals surface area contributed by atoms with Crippen molar-refractivity contribution in [2.45, 2.75) is 82.4 Å². The molecule has 148 valence electrons. The molecule has 3 aliphatic rings. The van der Waals surface area contributed by atoms with Gasteiger partial charge in [-0.05, 0) is 40.2 Å². The fourth-order valence-corrected chi connectivity index (χ4v) is 5.46. The molecule has 3 aliphatic heterocycles. The molecule has 0 aromatic heterocycles. The van der Waals surface area contributed by atoms with Crippen molar-refractivity contribution >= 4 is 5.91 Å². The average Bonchev–Trinajstić information content (AvgIpc) is 3.30. The minimum Gasteiger partial charge on any atom is -0.371 e. The monoisotopic (exact) mass is 372 g/mol. The van der Waals surface area contributed by atoms with E-state index in [4.69, 9.17) is 9.47 Å². The van der Waals surface area contributed by atoms with Gasteiger partial charge in [-0.25, -0.2) is 0 Å². The summed E-state index contributed by atoms with van der Waals surface area (Å²) in [6, 6.07) is 10.3. The average molecular weight is 373 g/mol. The molecule has 3 saturated heterocycles. The van der Waals surface area contributed by atoms with E-state index in [1.807, 2.05) is 23.1 Å².